The van der Waals surface area contributed by atoms with Gasteiger partial charge in [-0.1, -0.05) is 42.6 Å². The van der Waals surface area contributed by atoms with Crippen molar-refractivity contribution in [2.75, 3.05) is 11.9 Å². The molecule has 19 heavy (non-hydrogen) atoms. The van der Waals surface area contributed by atoms with Crippen molar-refractivity contribution in [3.8, 4) is 0 Å². The first-order valence-electron chi connectivity index (χ1n) is 7.22. The van der Waals surface area contributed by atoms with Crippen LogP contribution in [0.15, 0.2) is 28.7 Å². The predicted molar refractivity (Wildman–Crippen MR) is 84.4 cm³/mol. The van der Waals surface area contributed by atoms with E-state index in [2.05, 4.69) is 47.2 Å². The topological polar surface area (TPSA) is 32.3 Å². The zero-order chi connectivity index (χ0) is 13.9. The Balaban J connectivity index is 2.22. The fourth-order valence-electron chi connectivity index (χ4n) is 3.45. The Kier molecular flexibility index (Phi) is 4.91. The molecule has 2 atom stereocenters. The minimum Gasteiger partial charge on any atom is -0.394 e. The van der Waals surface area contributed by atoms with Gasteiger partial charge < -0.3 is 10.4 Å². The van der Waals surface area contributed by atoms with Crippen LogP contribution in [0.3, 0.4) is 0 Å². The third kappa shape index (κ3) is 3.32. The molecule has 106 valence electrons. The highest BCUT2D eigenvalue weighted by Crippen LogP contribution is 2.40. The van der Waals surface area contributed by atoms with Crippen LogP contribution >= 0.6 is 15.9 Å². The lowest BCUT2D eigenvalue weighted by atomic mass is 9.68. The van der Waals surface area contributed by atoms with E-state index in [9.17, 15) is 5.11 Å². The second-order valence-electron chi connectivity index (χ2n) is 6.04. The molecular formula is C16H24BrNO. The number of halogens is 1. The van der Waals surface area contributed by atoms with Crippen molar-refractivity contribution in [2.24, 2.45) is 11.8 Å². The lowest BCUT2D eigenvalue weighted by Gasteiger charge is -2.46. The van der Waals surface area contributed by atoms with Gasteiger partial charge in [-0.3, -0.25) is 0 Å². The average molecular weight is 326 g/mol. The van der Waals surface area contributed by atoms with Gasteiger partial charge in [0.15, 0.2) is 0 Å². The van der Waals surface area contributed by atoms with Gasteiger partial charge in [-0.2, -0.15) is 0 Å². The van der Waals surface area contributed by atoms with Gasteiger partial charge in [0, 0.05) is 10.2 Å². The van der Waals surface area contributed by atoms with Crippen molar-refractivity contribution >= 4 is 21.6 Å². The quantitative estimate of drug-likeness (QED) is 0.857. The predicted octanol–water partition coefficient (Wildman–Crippen LogP) is 4.44. The molecule has 0 bridgehead atoms. The van der Waals surface area contributed by atoms with Crippen LogP contribution in [0.4, 0.5) is 5.69 Å². The first-order chi connectivity index (χ1) is 9.07. The molecule has 0 saturated heterocycles. The second kappa shape index (κ2) is 6.27. The first-order valence-corrected chi connectivity index (χ1v) is 8.01. The van der Waals surface area contributed by atoms with Gasteiger partial charge >= 0.3 is 0 Å². The molecule has 1 aromatic carbocycles. The molecule has 0 aromatic heterocycles. The molecule has 0 spiro atoms. The number of hydrogen-bond acceptors (Lipinski definition) is 2. The Labute approximate surface area is 124 Å². The normalized spacial score (nSPS) is 27.5. The van der Waals surface area contributed by atoms with Crippen LogP contribution in [0.5, 0.6) is 0 Å². The highest BCUT2D eigenvalue weighted by Gasteiger charge is 2.41. The fraction of sp³-hybridized carbons (Fsp3) is 0.625. The van der Waals surface area contributed by atoms with Gasteiger partial charge in [0.25, 0.3) is 0 Å². The minimum absolute atomic E-state index is 0.153. The summed E-state index contributed by atoms with van der Waals surface area (Å²) >= 11 is 3.46. The average Bonchev–Trinajstić information content (AvgIpc) is 2.41. The van der Waals surface area contributed by atoms with E-state index < -0.39 is 0 Å². The Morgan fingerprint density at radius 3 is 2.58 bits per heavy atom. The van der Waals surface area contributed by atoms with Crippen LogP contribution in [0.2, 0.25) is 0 Å². The maximum Gasteiger partial charge on any atom is 0.0664 e. The Hall–Kier alpha value is -0.540. The van der Waals surface area contributed by atoms with Gasteiger partial charge in [-0.05, 0) is 48.9 Å². The van der Waals surface area contributed by atoms with E-state index >= 15 is 0 Å². The third-order valence-corrected chi connectivity index (χ3v) is 4.95. The summed E-state index contributed by atoms with van der Waals surface area (Å²) in [4.78, 5) is 0. The van der Waals surface area contributed by atoms with Gasteiger partial charge in [-0.15, -0.1) is 0 Å². The molecule has 1 saturated carbocycles. The monoisotopic (exact) mass is 325 g/mol. The van der Waals surface area contributed by atoms with E-state index in [0.29, 0.717) is 11.8 Å². The van der Waals surface area contributed by atoms with Gasteiger partial charge in [0.2, 0.25) is 0 Å². The number of aliphatic hydroxyl groups excluding tert-OH is 1. The van der Waals surface area contributed by atoms with E-state index in [-0.39, 0.29) is 12.1 Å². The number of anilines is 1. The number of nitrogens with one attached hydrogen (secondary N) is 1. The summed E-state index contributed by atoms with van der Waals surface area (Å²) in [7, 11) is 0. The van der Waals surface area contributed by atoms with E-state index in [1.54, 1.807) is 0 Å². The summed E-state index contributed by atoms with van der Waals surface area (Å²) < 4.78 is 1.08. The first kappa shape index (κ1) is 14.9. The smallest absolute Gasteiger partial charge is 0.0664 e. The minimum atomic E-state index is -0.153. The zero-order valence-corrected chi connectivity index (χ0v) is 13.4. The Morgan fingerprint density at radius 1 is 1.32 bits per heavy atom. The standard InChI is InChI=1S/C16H24BrNO/c1-12(2)15-5-3-4-10-16(15,11-19)18-14-8-6-13(17)7-9-14/h6-9,12,15,18-19H,3-5,10-11H2,1-2H3. The largest absolute Gasteiger partial charge is 0.394 e. The van der Waals surface area contributed by atoms with E-state index in [1.165, 1.54) is 19.3 Å². The van der Waals surface area contributed by atoms with Crippen molar-refractivity contribution in [1.82, 2.24) is 0 Å². The van der Waals surface area contributed by atoms with Crippen molar-refractivity contribution in [1.29, 1.82) is 0 Å². The molecule has 1 fully saturated rings. The van der Waals surface area contributed by atoms with Gasteiger partial charge in [0.1, 0.15) is 0 Å². The van der Waals surface area contributed by atoms with E-state index in [4.69, 9.17) is 0 Å². The molecule has 1 aliphatic carbocycles. The molecule has 2 unspecified atom stereocenters. The molecule has 2 nitrogen and oxygen atoms in total. The molecule has 3 heteroatoms. The molecule has 0 radical (unpaired) electrons. The van der Waals surface area contributed by atoms with E-state index in [1.807, 2.05) is 12.1 Å². The third-order valence-electron chi connectivity index (χ3n) is 4.42. The molecule has 2 rings (SSSR count). The molecule has 0 amide bonds. The summed E-state index contributed by atoms with van der Waals surface area (Å²) in [6.45, 7) is 4.75. The van der Waals surface area contributed by atoms with Crippen LogP contribution in [0.25, 0.3) is 0 Å². The number of hydrogen-bond donors (Lipinski definition) is 2. The summed E-state index contributed by atoms with van der Waals surface area (Å²) in [5, 5.41) is 13.6. The zero-order valence-electron chi connectivity index (χ0n) is 11.8. The molecule has 2 N–H and O–H groups in total. The number of aliphatic hydroxyl groups is 1. The highest BCUT2D eigenvalue weighted by atomic mass is 79.9. The van der Waals surface area contributed by atoms with Crippen LogP contribution in [0, 0.1) is 11.8 Å². The number of rotatable bonds is 4. The summed E-state index contributed by atoms with van der Waals surface area (Å²) in [5.74, 6) is 1.13. The highest BCUT2D eigenvalue weighted by molar-refractivity contribution is 9.10. The van der Waals surface area contributed by atoms with Crippen LogP contribution in [-0.2, 0) is 0 Å². The lowest BCUT2D eigenvalue weighted by Crippen LogP contribution is -2.52. The van der Waals surface area contributed by atoms with Crippen LogP contribution in [0.1, 0.15) is 39.5 Å². The lowest BCUT2D eigenvalue weighted by molar-refractivity contribution is 0.0898. The molecular weight excluding hydrogens is 302 g/mol. The molecule has 0 heterocycles. The van der Waals surface area contributed by atoms with Crippen molar-refractivity contribution in [3.05, 3.63) is 28.7 Å². The van der Waals surface area contributed by atoms with E-state index in [0.717, 1.165) is 16.6 Å². The SMILES string of the molecule is CC(C)C1CCCCC1(CO)Nc1ccc(Br)cc1. The summed E-state index contributed by atoms with van der Waals surface area (Å²) in [6.07, 6.45) is 4.75. The maximum absolute atomic E-state index is 10.0. The summed E-state index contributed by atoms with van der Waals surface area (Å²) in [6, 6.07) is 8.24. The van der Waals surface area contributed by atoms with Crippen LogP contribution in [-0.4, -0.2) is 17.3 Å². The second-order valence-corrected chi connectivity index (χ2v) is 6.96. The fourth-order valence-corrected chi connectivity index (χ4v) is 3.71. The molecule has 0 aliphatic heterocycles. The molecule has 1 aliphatic rings. The number of benzene rings is 1. The van der Waals surface area contributed by atoms with Gasteiger partial charge in [-0.25, -0.2) is 0 Å². The van der Waals surface area contributed by atoms with Gasteiger partial charge in [0.05, 0.1) is 12.1 Å². The van der Waals surface area contributed by atoms with Crippen molar-refractivity contribution in [3.63, 3.8) is 0 Å². The Morgan fingerprint density at radius 2 is 2.00 bits per heavy atom. The summed E-state index contributed by atoms with van der Waals surface area (Å²) in [5.41, 5.74) is 0.949. The molecule has 1 aromatic rings. The van der Waals surface area contributed by atoms with Crippen molar-refractivity contribution in [2.45, 2.75) is 45.1 Å². The maximum atomic E-state index is 10.0. The van der Waals surface area contributed by atoms with Crippen LogP contribution < -0.4 is 5.32 Å². The Bertz CT molecular complexity index is 404. The van der Waals surface area contributed by atoms with Crippen molar-refractivity contribution < 1.29 is 5.11 Å².